The first-order chi connectivity index (χ1) is 7.06. The van der Waals surface area contributed by atoms with Gasteiger partial charge in [-0.3, -0.25) is 0 Å². The molecular weight excluding hydrogens is 186 g/mol. The Morgan fingerprint density at radius 2 is 1.93 bits per heavy atom. The fourth-order valence-corrected chi connectivity index (χ4v) is 1.74. The highest BCUT2D eigenvalue weighted by Gasteiger charge is 2.11. The molecule has 1 atom stereocenters. The Morgan fingerprint density at radius 1 is 1.27 bits per heavy atom. The van der Waals surface area contributed by atoms with E-state index in [9.17, 15) is 5.11 Å². The van der Waals surface area contributed by atoms with Gasteiger partial charge in [0, 0.05) is 0 Å². The third-order valence-electron chi connectivity index (χ3n) is 2.85. The number of rotatable bonds is 4. The molecule has 3 N–H and O–H groups in total. The molecule has 0 aliphatic carbocycles. The molecule has 1 aromatic rings. The molecule has 0 fully saturated rings. The van der Waals surface area contributed by atoms with Gasteiger partial charge in [-0.1, -0.05) is 32.9 Å². The van der Waals surface area contributed by atoms with Gasteiger partial charge in [-0.15, -0.1) is 0 Å². The lowest BCUT2D eigenvalue weighted by atomic mass is 9.93. The second-order valence-corrected chi connectivity index (χ2v) is 4.45. The number of aromatic hydroxyl groups is 1. The van der Waals surface area contributed by atoms with Crippen LogP contribution < -0.4 is 5.73 Å². The molecule has 1 unspecified atom stereocenters. The van der Waals surface area contributed by atoms with Gasteiger partial charge in [-0.25, -0.2) is 0 Å². The highest BCUT2D eigenvalue weighted by Crippen LogP contribution is 2.30. The highest BCUT2D eigenvalue weighted by molar-refractivity contribution is 5.39. The van der Waals surface area contributed by atoms with E-state index in [-0.39, 0.29) is 0 Å². The zero-order chi connectivity index (χ0) is 11.4. The average molecular weight is 207 g/mol. The Kier molecular flexibility index (Phi) is 4.15. The van der Waals surface area contributed by atoms with Crippen molar-refractivity contribution in [3.05, 3.63) is 29.3 Å². The number of nitrogens with two attached hydrogens (primary N) is 1. The second-order valence-electron chi connectivity index (χ2n) is 4.45. The smallest absolute Gasteiger partial charge is 0.119 e. The van der Waals surface area contributed by atoms with Crippen molar-refractivity contribution >= 4 is 0 Å². The van der Waals surface area contributed by atoms with Crippen molar-refractivity contribution < 1.29 is 5.11 Å². The summed E-state index contributed by atoms with van der Waals surface area (Å²) < 4.78 is 0. The van der Waals surface area contributed by atoms with Gasteiger partial charge in [0.2, 0.25) is 0 Å². The normalized spacial score (nSPS) is 13.1. The number of benzene rings is 1. The fourth-order valence-electron chi connectivity index (χ4n) is 1.74. The van der Waals surface area contributed by atoms with Crippen molar-refractivity contribution in [2.24, 2.45) is 5.73 Å². The minimum absolute atomic E-state index is 0.330. The topological polar surface area (TPSA) is 46.2 Å². The molecule has 0 aliphatic heterocycles. The van der Waals surface area contributed by atoms with E-state index in [4.69, 9.17) is 5.73 Å². The Balaban J connectivity index is 2.92. The Labute approximate surface area is 92.1 Å². The zero-order valence-electron chi connectivity index (χ0n) is 9.83. The highest BCUT2D eigenvalue weighted by atomic mass is 16.3. The third kappa shape index (κ3) is 2.96. The van der Waals surface area contributed by atoms with Gasteiger partial charge in [0.1, 0.15) is 5.75 Å². The van der Waals surface area contributed by atoms with E-state index in [0.29, 0.717) is 24.1 Å². The molecule has 2 heteroatoms. The summed E-state index contributed by atoms with van der Waals surface area (Å²) in [7, 11) is 0. The quantitative estimate of drug-likeness (QED) is 0.797. The number of phenolic OH excluding ortho intramolecular Hbond substituents is 1. The summed E-state index contributed by atoms with van der Waals surface area (Å²) in [5, 5.41) is 9.90. The van der Waals surface area contributed by atoms with Crippen LogP contribution in [0.3, 0.4) is 0 Å². The van der Waals surface area contributed by atoms with Crippen LogP contribution in [-0.2, 0) is 0 Å². The van der Waals surface area contributed by atoms with Gasteiger partial charge < -0.3 is 10.8 Å². The Hall–Kier alpha value is -1.02. The molecule has 1 aromatic carbocycles. The molecule has 0 spiro atoms. The van der Waals surface area contributed by atoms with Crippen molar-refractivity contribution in [3.63, 3.8) is 0 Å². The zero-order valence-corrected chi connectivity index (χ0v) is 9.83. The van der Waals surface area contributed by atoms with Gasteiger partial charge in [-0.2, -0.15) is 0 Å². The summed E-state index contributed by atoms with van der Waals surface area (Å²) in [5.41, 5.74) is 7.69. The SMILES string of the molecule is CC(C)c1ccc(C(C)CCN)c(O)c1. The van der Waals surface area contributed by atoms with Crippen LogP contribution in [0.25, 0.3) is 0 Å². The van der Waals surface area contributed by atoms with Crippen molar-refractivity contribution in [2.75, 3.05) is 6.54 Å². The summed E-state index contributed by atoms with van der Waals surface area (Å²) in [5.74, 6) is 1.19. The van der Waals surface area contributed by atoms with E-state index in [1.54, 1.807) is 0 Å². The molecule has 0 aromatic heterocycles. The van der Waals surface area contributed by atoms with Gasteiger partial charge in [-0.05, 0) is 42.0 Å². The molecule has 1 rings (SSSR count). The maximum absolute atomic E-state index is 9.90. The summed E-state index contributed by atoms with van der Waals surface area (Å²) in [6.45, 7) is 7.00. The maximum Gasteiger partial charge on any atom is 0.119 e. The molecule has 0 amide bonds. The molecule has 0 saturated carbocycles. The lowest BCUT2D eigenvalue weighted by Gasteiger charge is -2.14. The van der Waals surface area contributed by atoms with Crippen molar-refractivity contribution in [1.82, 2.24) is 0 Å². The van der Waals surface area contributed by atoms with E-state index >= 15 is 0 Å². The number of hydrogen-bond donors (Lipinski definition) is 2. The molecule has 15 heavy (non-hydrogen) atoms. The van der Waals surface area contributed by atoms with Crippen LogP contribution in [0.4, 0.5) is 0 Å². The van der Waals surface area contributed by atoms with Crippen LogP contribution in [0.1, 0.15) is 50.2 Å². The second kappa shape index (κ2) is 5.17. The predicted octanol–water partition coefficient (Wildman–Crippen LogP) is 2.97. The summed E-state index contributed by atoms with van der Waals surface area (Å²) in [4.78, 5) is 0. The van der Waals surface area contributed by atoms with E-state index in [2.05, 4.69) is 26.8 Å². The Morgan fingerprint density at radius 3 is 2.40 bits per heavy atom. The minimum Gasteiger partial charge on any atom is -0.508 e. The fraction of sp³-hybridized carbons (Fsp3) is 0.538. The van der Waals surface area contributed by atoms with Gasteiger partial charge in [0.05, 0.1) is 0 Å². The van der Waals surface area contributed by atoms with Crippen LogP contribution in [0.15, 0.2) is 18.2 Å². The predicted molar refractivity (Wildman–Crippen MR) is 64.3 cm³/mol. The van der Waals surface area contributed by atoms with E-state index in [1.807, 2.05) is 12.1 Å². The van der Waals surface area contributed by atoms with Crippen LogP contribution >= 0.6 is 0 Å². The van der Waals surface area contributed by atoms with Crippen LogP contribution in [-0.4, -0.2) is 11.7 Å². The van der Waals surface area contributed by atoms with Crippen LogP contribution in [0, 0.1) is 0 Å². The molecule has 0 radical (unpaired) electrons. The summed E-state index contributed by atoms with van der Waals surface area (Å²) in [6, 6.07) is 5.98. The Bertz CT molecular complexity index is 320. The molecule has 0 aliphatic rings. The lowest BCUT2D eigenvalue weighted by Crippen LogP contribution is -2.05. The minimum atomic E-state index is 0.330. The van der Waals surface area contributed by atoms with Gasteiger partial charge >= 0.3 is 0 Å². The molecule has 84 valence electrons. The van der Waals surface area contributed by atoms with Crippen LogP contribution in [0.2, 0.25) is 0 Å². The third-order valence-corrected chi connectivity index (χ3v) is 2.85. The van der Waals surface area contributed by atoms with E-state index < -0.39 is 0 Å². The number of phenols is 1. The van der Waals surface area contributed by atoms with Crippen molar-refractivity contribution in [2.45, 2.75) is 39.0 Å². The average Bonchev–Trinajstić information content (AvgIpc) is 2.17. The first-order valence-electron chi connectivity index (χ1n) is 5.59. The maximum atomic E-state index is 9.90. The molecular formula is C13H21NO. The van der Waals surface area contributed by atoms with Crippen molar-refractivity contribution in [1.29, 1.82) is 0 Å². The van der Waals surface area contributed by atoms with Gasteiger partial charge in [0.15, 0.2) is 0 Å². The summed E-state index contributed by atoms with van der Waals surface area (Å²) >= 11 is 0. The first kappa shape index (κ1) is 12.1. The van der Waals surface area contributed by atoms with Crippen molar-refractivity contribution in [3.8, 4) is 5.75 Å². The molecule has 2 nitrogen and oxygen atoms in total. The first-order valence-corrected chi connectivity index (χ1v) is 5.59. The van der Waals surface area contributed by atoms with E-state index in [0.717, 1.165) is 12.0 Å². The van der Waals surface area contributed by atoms with Crippen LogP contribution in [0.5, 0.6) is 5.75 Å². The monoisotopic (exact) mass is 207 g/mol. The van der Waals surface area contributed by atoms with E-state index in [1.165, 1.54) is 5.56 Å². The standard InChI is InChI=1S/C13H21NO/c1-9(2)11-4-5-12(13(15)8-11)10(3)6-7-14/h4-5,8-10,15H,6-7,14H2,1-3H3. The number of hydrogen-bond acceptors (Lipinski definition) is 2. The summed E-state index contributed by atoms with van der Waals surface area (Å²) in [6.07, 6.45) is 0.911. The lowest BCUT2D eigenvalue weighted by molar-refractivity contribution is 0.460. The molecule has 0 heterocycles. The largest absolute Gasteiger partial charge is 0.508 e. The van der Waals surface area contributed by atoms with Gasteiger partial charge in [0.25, 0.3) is 0 Å². The molecule has 0 bridgehead atoms. The molecule has 0 saturated heterocycles.